The van der Waals surface area contributed by atoms with Gasteiger partial charge in [0.1, 0.15) is 23.8 Å². The van der Waals surface area contributed by atoms with E-state index >= 15 is 0 Å². The van der Waals surface area contributed by atoms with Crippen LogP contribution in [0.25, 0.3) is 22.3 Å². The highest BCUT2D eigenvalue weighted by molar-refractivity contribution is 5.90. The molecule has 0 unspecified atom stereocenters. The summed E-state index contributed by atoms with van der Waals surface area (Å²) in [5.74, 6) is -0.0241. The number of nitrogens with zero attached hydrogens (tertiary/aromatic N) is 7. The van der Waals surface area contributed by atoms with E-state index in [9.17, 15) is 18.4 Å². The molecule has 1 aliphatic carbocycles. The first-order chi connectivity index (χ1) is 21.3. The van der Waals surface area contributed by atoms with Crippen LogP contribution in [0.1, 0.15) is 49.8 Å². The number of ether oxygens (including phenoxy) is 1. The van der Waals surface area contributed by atoms with E-state index in [1.165, 1.54) is 6.33 Å². The van der Waals surface area contributed by atoms with Crippen molar-refractivity contribution in [3.05, 3.63) is 54.4 Å². The Labute approximate surface area is 252 Å². The topological polar surface area (TPSA) is 141 Å². The van der Waals surface area contributed by atoms with Crippen molar-refractivity contribution < 1.29 is 23.0 Å². The van der Waals surface area contributed by atoms with Gasteiger partial charge >= 0.3 is 6.18 Å². The van der Waals surface area contributed by atoms with Crippen LogP contribution in [0, 0.1) is 11.3 Å². The summed E-state index contributed by atoms with van der Waals surface area (Å²) in [6, 6.07) is 7.13. The van der Waals surface area contributed by atoms with E-state index < -0.39 is 17.4 Å². The highest BCUT2D eigenvalue weighted by Crippen LogP contribution is 2.45. The van der Waals surface area contributed by atoms with Crippen LogP contribution in [0.3, 0.4) is 0 Å². The molecule has 0 aromatic carbocycles. The summed E-state index contributed by atoms with van der Waals surface area (Å²) in [4.78, 5) is 17.9. The predicted octanol–water partition coefficient (Wildman–Crippen LogP) is 4.02. The van der Waals surface area contributed by atoms with Crippen molar-refractivity contribution in [1.82, 2.24) is 39.9 Å². The lowest BCUT2D eigenvalue weighted by Crippen LogP contribution is -2.58. The number of aromatic amines is 1. The van der Waals surface area contributed by atoms with Crippen molar-refractivity contribution in [3.8, 4) is 23.2 Å². The second-order valence-corrected chi connectivity index (χ2v) is 11.6. The number of aliphatic hydroxyl groups is 1. The Morgan fingerprint density at radius 3 is 2.77 bits per heavy atom. The Bertz CT molecular complexity index is 1620. The SMILES string of the molecule is N#CCC1(n2cc(-c3ncnc4[nH]ccc34)cn2)CC(N2CCC(Oc3cc(CNCCCO)cc(C(F)(F)F)n3)CC2)C1. The molecule has 5 heterocycles. The van der Waals surface area contributed by atoms with Gasteiger partial charge in [0.25, 0.3) is 0 Å². The molecule has 6 rings (SSSR count). The molecule has 2 fully saturated rings. The van der Waals surface area contributed by atoms with Gasteiger partial charge in [-0.2, -0.15) is 23.5 Å². The number of nitriles is 1. The maximum absolute atomic E-state index is 13.5. The average molecular weight is 610 g/mol. The molecule has 3 N–H and O–H groups in total. The lowest BCUT2D eigenvalue weighted by atomic mass is 9.69. The molecule has 0 atom stereocenters. The Morgan fingerprint density at radius 2 is 2.02 bits per heavy atom. The molecule has 1 saturated carbocycles. The maximum Gasteiger partial charge on any atom is 0.433 e. The third kappa shape index (κ3) is 6.26. The van der Waals surface area contributed by atoms with E-state index in [1.54, 1.807) is 12.3 Å². The maximum atomic E-state index is 13.5. The number of aromatic nitrogens is 6. The van der Waals surface area contributed by atoms with E-state index in [2.05, 4.69) is 41.3 Å². The molecular weight excluding hydrogens is 575 g/mol. The Kier molecular flexibility index (Phi) is 8.53. The van der Waals surface area contributed by atoms with Gasteiger partial charge in [-0.25, -0.2) is 15.0 Å². The Hall–Kier alpha value is -4.06. The summed E-state index contributed by atoms with van der Waals surface area (Å²) in [5.41, 5.74) is 1.45. The number of alkyl halides is 3. The number of hydrogen-bond donors (Lipinski definition) is 3. The molecule has 0 bridgehead atoms. The van der Waals surface area contributed by atoms with Gasteiger partial charge in [0, 0.05) is 61.7 Å². The highest BCUT2D eigenvalue weighted by Gasteiger charge is 2.49. The molecule has 0 radical (unpaired) electrons. The number of pyridine rings is 1. The van der Waals surface area contributed by atoms with Gasteiger partial charge in [-0.1, -0.05) is 0 Å². The van der Waals surface area contributed by atoms with Crippen molar-refractivity contribution in [3.63, 3.8) is 0 Å². The smallest absolute Gasteiger partial charge is 0.433 e. The minimum absolute atomic E-state index is 0.0101. The van der Waals surface area contributed by atoms with Gasteiger partial charge < -0.3 is 20.1 Å². The fraction of sp³-hybridized carbons (Fsp3) is 0.500. The fourth-order valence-corrected chi connectivity index (χ4v) is 6.28. The molecule has 44 heavy (non-hydrogen) atoms. The second-order valence-electron chi connectivity index (χ2n) is 11.6. The summed E-state index contributed by atoms with van der Waals surface area (Å²) in [6.07, 6.45) is 5.99. The lowest BCUT2D eigenvalue weighted by Gasteiger charge is -2.52. The zero-order valence-corrected chi connectivity index (χ0v) is 24.1. The summed E-state index contributed by atoms with van der Waals surface area (Å²) in [6.45, 7) is 2.20. The van der Waals surface area contributed by atoms with Crippen LogP contribution in [0.4, 0.5) is 13.2 Å². The second kappa shape index (κ2) is 12.5. The number of halogens is 3. The molecule has 4 aromatic rings. The minimum atomic E-state index is -4.58. The number of rotatable bonds is 11. The molecule has 0 spiro atoms. The van der Waals surface area contributed by atoms with Crippen LogP contribution in [-0.4, -0.2) is 78.1 Å². The molecule has 4 aromatic heterocycles. The van der Waals surface area contributed by atoms with Gasteiger partial charge in [0.15, 0.2) is 0 Å². The first-order valence-electron chi connectivity index (χ1n) is 14.8. The first-order valence-corrected chi connectivity index (χ1v) is 14.8. The zero-order chi connectivity index (χ0) is 30.7. The van der Waals surface area contributed by atoms with Crippen molar-refractivity contribution in [2.24, 2.45) is 0 Å². The Balaban J connectivity index is 1.07. The fourth-order valence-electron chi connectivity index (χ4n) is 6.28. The lowest BCUT2D eigenvalue weighted by molar-refractivity contribution is -0.141. The predicted molar refractivity (Wildman–Crippen MR) is 154 cm³/mol. The average Bonchev–Trinajstić information content (AvgIpc) is 3.68. The molecular formula is C30H34F3N9O2. The normalized spacial score (nSPS) is 21.3. The third-order valence-corrected chi connectivity index (χ3v) is 8.61. The van der Waals surface area contributed by atoms with Crippen LogP contribution in [-0.2, 0) is 18.3 Å². The van der Waals surface area contributed by atoms with E-state index in [1.807, 2.05) is 23.1 Å². The Morgan fingerprint density at radius 1 is 1.20 bits per heavy atom. The minimum Gasteiger partial charge on any atom is -0.474 e. The van der Waals surface area contributed by atoms with Crippen molar-refractivity contribution >= 4 is 11.0 Å². The van der Waals surface area contributed by atoms with E-state index in [0.29, 0.717) is 37.8 Å². The van der Waals surface area contributed by atoms with E-state index in [-0.39, 0.29) is 31.2 Å². The van der Waals surface area contributed by atoms with Gasteiger partial charge in [-0.3, -0.25) is 9.58 Å². The van der Waals surface area contributed by atoms with E-state index in [4.69, 9.17) is 9.84 Å². The largest absolute Gasteiger partial charge is 0.474 e. The van der Waals surface area contributed by atoms with Gasteiger partial charge in [0.2, 0.25) is 5.88 Å². The number of piperidine rings is 1. The van der Waals surface area contributed by atoms with Crippen molar-refractivity contribution in [2.75, 3.05) is 26.2 Å². The number of hydrogen-bond acceptors (Lipinski definition) is 9. The summed E-state index contributed by atoms with van der Waals surface area (Å²) >= 11 is 0. The monoisotopic (exact) mass is 609 g/mol. The van der Waals surface area contributed by atoms with Crippen LogP contribution >= 0.6 is 0 Å². The summed E-state index contributed by atoms with van der Waals surface area (Å²) in [7, 11) is 0. The van der Waals surface area contributed by atoms with Crippen LogP contribution < -0.4 is 10.1 Å². The van der Waals surface area contributed by atoms with Crippen molar-refractivity contribution in [1.29, 1.82) is 5.26 Å². The molecule has 0 amide bonds. The van der Waals surface area contributed by atoms with E-state index in [0.717, 1.165) is 54.3 Å². The number of likely N-dealkylation sites (tertiary alicyclic amines) is 1. The van der Waals surface area contributed by atoms with Crippen LogP contribution in [0.2, 0.25) is 0 Å². The van der Waals surface area contributed by atoms with Crippen molar-refractivity contribution in [2.45, 2.75) is 68.9 Å². The summed E-state index contributed by atoms with van der Waals surface area (Å²) in [5, 5.41) is 27.2. The number of aliphatic hydroxyl groups excluding tert-OH is 1. The molecule has 14 heteroatoms. The number of H-pyrrole nitrogens is 1. The standard InChI is InChI=1S/C30H34F3N9O2/c31-30(32,33)25-12-20(16-35-7-1-11-43)13-26(40-25)44-23-3-9-41(10-4-23)22-14-29(15-22,5-6-34)42-18-21(17-39-42)27-24-2-8-36-28(24)38-19-37-27/h2,8,12-13,17-19,22-23,35,43H,1,3-5,7,9-11,14-16H2,(H,36,37,38). The summed E-state index contributed by atoms with van der Waals surface area (Å²) < 4.78 is 48.5. The van der Waals surface area contributed by atoms with Gasteiger partial charge in [-0.05, 0) is 56.3 Å². The molecule has 1 saturated heterocycles. The zero-order valence-electron chi connectivity index (χ0n) is 24.1. The molecule has 1 aliphatic heterocycles. The number of fused-ring (bicyclic) bond motifs is 1. The highest BCUT2D eigenvalue weighted by atomic mass is 19.4. The quantitative estimate of drug-likeness (QED) is 0.215. The molecule has 11 nitrogen and oxygen atoms in total. The van der Waals surface area contributed by atoms with Gasteiger partial charge in [0.05, 0.1) is 29.9 Å². The van der Waals surface area contributed by atoms with Crippen LogP contribution in [0.5, 0.6) is 5.88 Å². The molecule has 232 valence electrons. The first kappa shape index (κ1) is 30.0. The van der Waals surface area contributed by atoms with Crippen LogP contribution in [0.15, 0.2) is 43.1 Å². The third-order valence-electron chi connectivity index (χ3n) is 8.61. The molecule has 2 aliphatic rings. The number of nitrogens with one attached hydrogen (secondary N) is 2. The van der Waals surface area contributed by atoms with Gasteiger partial charge in [-0.15, -0.1) is 0 Å².